The molecular formula is C25H31BrClN3O5S. The number of nitrogens with zero attached hydrogens (tertiary/aromatic N) is 2. The third-order valence-corrected chi connectivity index (χ3v) is 8.20. The Morgan fingerprint density at radius 3 is 2.36 bits per heavy atom. The lowest BCUT2D eigenvalue weighted by molar-refractivity contribution is -0.139. The van der Waals surface area contributed by atoms with E-state index in [1.54, 1.807) is 6.92 Å². The van der Waals surface area contributed by atoms with E-state index in [1.807, 2.05) is 24.3 Å². The molecule has 196 valence electrons. The summed E-state index contributed by atoms with van der Waals surface area (Å²) < 4.78 is 32.4. The number of ether oxygens (including phenoxy) is 1. The summed E-state index contributed by atoms with van der Waals surface area (Å²) in [6.07, 6.45) is 4.98. The molecule has 0 spiro atoms. The van der Waals surface area contributed by atoms with E-state index in [0.29, 0.717) is 5.75 Å². The summed E-state index contributed by atoms with van der Waals surface area (Å²) in [6, 6.07) is 11.2. The number of benzene rings is 2. The van der Waals surface area contributed by atoms with E-state index in [4.69, 9.17) is 16.3 Å². The van der Waals surface area contributed by atoms with Crippen LogP contribution >= 0.6 is 27.5 Å². The highest BCUT2D eigenvalue weighted by molar-refractivity contribution is 9.10. The number of nitrogens with one attached hydrogen (secondary N) is 1. The van der Waals surface area contributed by atoms with Crippen LogP contribution in [0, 0.1) is 0 Å². The molecule has 1 atom stereocenters. The first kappa shape index (κ1) is 28.3. The van der Waals surface area contributed by atoms with Gasteiger partial charge in [0.2, 0.25) is 21.8 Å². The summed E-state index contributed by atoms with van der Waals surface area (Å²) in [5.74, 6) is -0.385. The fourth-order valence-corrected chi connectivity index (χ4v) is 5.54. The molecule has 1 saturated carbocycles. The Hall–Kier alpha value is -2.30. The minimum absolute atomic E-state index is 0.0959. The molecule has 0 aromatic heterocycles. The molecule has 1 fully saturated rings. The van der Waals surface area contributed by atoms with Gasteiger partial charge in [-0.1, -0.05) is 52.5 Å². The van der Waals surface area contributed by atoms with Gasteiger partial charge >= 0.3 is 0 Å². The molecule has 0 unspecified atom stereocenters. The van der Waals surface area contributed by atoms with Crippen LogP contribution in [-0.2, 0) is 26.2 Å². The van der Waals surface area contributed by atoms with Gasteiger partial charge in [0.15, 0.2) is 0 Å². The van der Waals surface area contributed by atoms with Gasteiger partial charge in [0, 0.05) is 17.1 Å². The van der Waals surface area contributed by atoms with Crippen molar-refractivity contribution in [3.05, 3.63) is 57.5 Å². The number of methoxy groups -OCH3 is 1. The van der Waals surface area contributed by atoms with Gasteiger partial charge in [-0.3, -0.25) is 13.9 Å². The highest BCUT2D eigenvalue weighted by Gasteiger charge is 2.31. The van der Waals surface area contributed by atoms with Gasteiger partial charge in [0.1, 0.15) is 18.3 Å². The van der Waals surface area contributed by atoms with Crippen molar-refractivity contribution in [1.82, 2.24) is 10.2 Å². The summed E-state index contributed by atoms with van der Waals surface area (Å²) in [4.78, 5) is 28.1. The van der Waals surface area contributed by atoms with Crippen LogP contribution in [-0.4, -0.2) is 57.1 Å². The lowest BCUT2D eigenvalue weighted by Crippen LogP contribution is -2.52. The van der Waals surface area contributed by atoms with Crippen molar-refractivity contribution in [2.45, 2.75) is 51.2 Å². The molecule has 0 saturated heterocycles. The number of sulfonamides is 1. The first-order valence-electron chi connectivity index (χ1n) is 11.6. The second-order valence-electron chi connectivity index (χ2n) is 8.90. The molecule has 2 aromatic carbocycles. The number of amides is 2. The second kappa shape index (κ2) is 12.3. The van der Waals surface area contributed by atoms with Gasteiger partial charge in [-0.25, -0.2) is 8.42 Å². The minimum Gasteiger partial charge on any atom is -0.495 e. The number of rotatable bonds is 10. The van der Waals surface area contributed by atoms with Crippen molar-refractivity contribution >= 4 is 55.1 Å². The predicted octanol–water partition coefficient (Wildman–Crippen LogP) is 4.35. The molecule has 0 bridgehead atoms. The van der Waals surface area contributed by atoms with E-state index >= 15 is 0 Å². The molecule has 2 aromatic rings. The number of carbonyl (C=O) groups is 2. The van der Waals surface area contributed by atoms with Crippen molar-refractivity contribution in [3.8, 4) is 5.75 Å². The third-order valence-electron chi connectivity index (χ3n) is 6.24. The van der Waals surface area contributed by atoms with Crippen LogP contribution in [0.1, 0.15) is 38.2 Å². The average Bonchev–Trinajstić information content (AvgIpc) is 3.33. The molecule has 3 rings (SSSR count). The van der Waals surface area contributed by atoms with Gasteiger partial charge in [-0.15, -0.1) is 0 Å². The smallest absolute Gasteiger partial charge is 0.244 e. The Bertz CT molecular complexity index is 1190. The highest BCUT2D eigenvalue weighted by Crippen LogP contribution is 2.30. The molecule has 1 N–H and O–H groups in total. The number of anilines is 1. The quantitative estimate of drug-likeness (QED) is 0.437. The SMILES string of the molecule is COc1ccc(N(CC(=O)N(Cc2ccc(Br)cc2)[C@H](C)C(=O)NC2CCCC2)S(C)(=O)=O)cc1Cl. The number of hydrogen-bond acceptors (Lipinski definition) is 5. The molecule has 8 nitrogen and oxygen atoms in total. The molecule has 36 heavy (non-hydrogen) atoms. The van der Waals surface area contributed by atoms with Crippen LogP contribution in [0.3, 0.4) is 0 Å². The van der Waals surface area contributed by atoms with Crippen LogP contribution in [0.5, 0.6) is 5.75 Å². The first-order valence-corrected chi connectivity index (χ1v) is 14.7. The van der Waals surface area contributed by atoms with Crippen LogP contribution in [0.2, 0.25) is 5.02 Å². The third kappa shape index (κ3) is 7.36. The van der Waals surface area contributed by atoms with Crippen LogP contribution in [0.25, 0.3) is 0 Å². The fourth-order valence-electron chi connectivity index (χ4n) is 4.19. The molecule has 0 radical (unpaired) electrons. The van der Waals surface area contributed by atoms with Crippen molar-refractivity contribution in [1.29, 1.82) is 0 Å². The summed E-state index contributed by atoms with van der Waals surface area (Å²) in [7, 11) is -2.39. The number of hydrogen-bond donors (Lipinski definition) is 1. The predicted molar refractivity (Wildman–Crippen MR) is 145 cm³/mol. The zero-order valence-corrected chi connectivity index (χ0v) is 23.7. The molecular weight excluding hydrogens is 570 g/mol. The van der Waals surface area contributed by atoms with E-state index in [1.165, 1.54) is 30.2 Å². The van der Waals surface area contributed by atoms with Crippen LogP contribution in [0.15, 0.2) is 46.9 Å². The molecule has 0 heterocycles. The zero-order valence-electron chi connectivity index (χ0n) is 20.5. The van der Waals surface area contributed by atoms with Gasteiger partial charge in [0.25, 0.3) is 0 Å². The summed E-state index contributed by atoms with van der Waals surface area (Å²) in [5, 5.41) is 3.26. The van der Waals surface area contributed by atoms with Gasteiger partial charge < -0.3 is 15.0 Å². The summed E-state index contributed by atoms with van der Waals surface area (Å²) in [6.45, 7) is 1.32. The molecule has 2 amide bonds. The van der Waals surface area contributed by atoms with Gasteiger partial charge in [0.05, 0.1) is 24.1 Å². The van der Waals surface area contributed by atoms with Crippen molar-refractivity contribution < 1.29 is 22.7 Å². The maximum Gasteiger partial charge on any atom is 0.244 e. The largest absolute Gasteiger partial charge is 0.495 e. The van der Waals surface area contributed by atoms with Gasteiger partial charge in [-0.05, 0) is 55.7 Å². The van der Waals surface area contributed by atoms with E-state index in [9.17, 15) is 18.0 Å². The van der Waals surface area contributed by atoms with E-state index < -0.39 is 28.5 Å². The maximum atomic E-state index is 13.6. The minimum atomic E-state index is -3.85. The van der Waals surface area contributed by atoms with E-state index in [-0.39, 0.29) is 29.2 Å². The summed E-state index contributed by atoms with van der Waals surface area (Å²) >= 11 is 9.62. The van der Waals surface area contributed by atoms with E-state index in [0.717, 1.165) is 46.3 Å². The monoisotopic (exact) mass is 599 g/mol. The highest BCUT2D eigenvalue weighted by atomic mass is 79.9. The second-order valence-corrected chi connectivity index (χ2v) is 12.1. The van der Waals surface area contributed by atoms with Crippen LogP contribution in [0.4, 0.5) is 5.69 Å². The molecule has 0 aliphatic heterocycles. The average molecular weight is 601 g/mol. The Morgan fingerprint density at radius 1 is 1.17 bits per heavy atom. The number of halogens is 2. The molecule has 1 aliphatic rings. The van der Waals surface area contributed by atoms with Crippen LogP contribution < -0.4 is 14.4 Å². The van der Waals surface area contributed by atoms with E-state index in [2.05, 4.69) is 21.2 Å². The maximum absolute atomic E-state index is 13.6. The lowest BCUT2D eigenvalue weighted by atomic mass is 10.1. The Balaban J connectivity index is 1.89. The Kier molecular flexibility index (Phi) is 9.66. The standard InChI is InChI=1S/C25H31BrClN3O5S/c1-17(25(32)28-20-6-4-5-7-20)29(15-18-8-10-19(26)11-9-18)24(31)16-30(36(3,33)34)21-12-13-23(35-2)22(27)14-21/h8-14,17,20H,4-7,15-16H2,1-3H3,(H,28,32)/t17-/m1/s1. The van der Waals surface area contributed by atoms with Crippen molar-refractivity contribution in [3.63, 3.8) is 0 Å². The molecule has 11 heteroatoms. The topological polar surface area (TPSA) is 96.0 Å². The Labute approximate surface area is 226 Å². The number of carbonyl (C=O) groups excluding carboxylic acids is 2. The fraction of sp³-hybridized carbons (Fsp3) is 0.440. The molecule has 1 aliphatic carbocycles. The summed E-state index contributed by atoms with van der Waals surface area (Å²) in [5.41, 5.74) is 1.04. The van der Waals surface area contributed by atoms with Crippen molar-refractivity contribution in [2.24, 2.45) is 0 Å². The van der Waals surface area contributed by atoms with Gasteiger partial charge in [-0.2, -0.15) is 0 Å². The van der Waals surface area contributed by atoms with Crippen molar-refractivity contribution in [2.75, 3.05) is 24.2 Å². The lowest BCUT2D eigenvalue weighted by Gasteiger charge is -2.32. The Morgan fingerprint density at radius 2 is 1.81 bits per heavy atom. The first-order chi connectivity index (χ1) is 17.0. The normalized spacial score (nSPS) is 14.8. The zero-order chi connectivity index (χ0) is 26.5.